The molecule has 0 aromatic heterocycles. The summed E-state index contributed by atoms with van der Waals surface area (Å²) >= 11 is 0.988. The molecule has 0 saturated carbocycles. The summed E-state index contributed by atoms with van der Waals surface area (Å²) in [6.45, 7) is 0. The van der Waals surface area contributed by atoms with E-state index in [-0.39, 0.29) is 38.4 Å². The number of hydrogen-bond donors (Lipinski definition) is 2. The number of carbonyl (C=O) groups is 1. The lowest BCUT2D eigenvalue weighted by Gasteiger charge is -2.02. The molecule has 142 valence electrons. The zero-order valence-electron chi connectivity index (χ0n) is 14.5. The number of para-hydroxylation sites is 1. The van der Waals surface area contributed by atoms with Crippen molar-refractivity contribution in [2.24, 2.45) is 4.99 Å². The number of aliphatic hydroxyl groups is 1. The molecule has 0 aliphatic carbocycles. The molecule has 1 aliphatic heterocycles. The maximum absolute atomic E-state index is 12.1. The zero-order valence-corrected chi connectivity index (χ0v) is 15.3. The van der Waals surface area contributed by atoms with E-state index in [9.17, 15) is 25.1 Å². The Balaban J connectivity index is 2.07. The number of rotatable bonds is 4. The molecular formula is C19H14N2O6S. The second kappa shape index (κ2) is 7.97. The number of phenols is 1. The monoisotopic (exact) mass is 398 g/mol. The standard InChI is InChI=1S/C19H14N2O6S/c1-27-19(24)16-17(23)15(9-11-5-2-3-8-14(11)22)28-18(16)20-12-6-4-7-13(10-12)21(25)26/h2-10,22-23H,1H3. The summed E-state index contributed by atoms with van der Waals surface area (Å²) in [5.41, 5.74) is 0.385. The Labute approximate surface area is 163 Å². The molecule has 2 aromatic rings. The molecule has 0 radical (unpaired) electrons. The third-order valence-electron chi connectivity index (χ3n) is 3.77. The Hall–Kier alpha value is -3.59. The first-order valence-corrected chi connectivity index (χ1v) is 8.75. The molecule has 0 spiro atoms. The van der Waals surface area contributed by atoms with Gasteiger partial charge in [0.1, 0.15) is 22.1 Å². The number of hydrogen-bond acceptors (Lipinski definition) is 8. The summed E-state index contributed by atoms with van der Waals surface area (Å²) in [5.74, 6) is -1.13. The summed E-state index contributed by atoms with van der Waals surface area (Å²) in [4.78, 5) is 27.1. The van der Waals surface area contributed by atoms with E-state index in [1.54, 1.807) is 18.2 Å². The van der Waals surface area contributed by atoms with Crippen molar-refractivity contribution in [2.75, 3.05) is 7.11 Å². The number of phenolic OH excluding ortho intramolecular Hbond substituents is 1. The van der Waals surface area contributed by atoms with Crippen LogP contribution in [0.3, 0.4) is 0 Å². The van der Waals surface area contributed by atoms with Gasteiger partial charge in [0.2, 0.25) is 0 Å². The van der Waals surface area contributed by atoms with Gasteiger partial charge >= 0.3 is 5.97 Å². The highest BCUT2D eigenvalue weighted by atomic mass is 32.2. The normalized spacial score (nSPS) is 16.6. The quantitative estimate of drug-likeness (QED) is 0.451. The summed E-state index contributed by atoms with van der Waals surface area (Å²) in [5, 5.41) is 31.5. The number of nitrogens with zero attached hydrogens (tertiary/aromatic N) is 2. The molecule has 0 bridgehead atoms. The van der Waals surface area contributed by atoms with Crippen molar-refractivity contribution in [3.63, 3.8) is 0 Å². The Morgan fingerprint density at radius 2 is 1.96 bits per heavy atom. The number of aromatic hydroxyl groups is 1. The van der Waals surface area contributed by atoms with E-state index < -0.39 is 10.9 Å². The van der Waals surface area contributed by atoms with Crippen LogP contribution >= 0.6 is 11.8 Å². The fraction of sp³-hybridized carbons (Fsp3) is 0.0526. The number of esters is 1. The van der Waals surface area contributed by atoms with Crippen LogP contribution in [0.2, 0.25) is 0 Å². The first kappa shape index (κ1) is 19.2. The van der Waals surface area contributed by atoms with E-state index in [1.807, 2.05) is 0 Å². The van der Waals surface area contributed by atoms with Crippen LogP contribution in [0.25, 0.3) is 6.08 Å². The summed E-state index contributed by atoms with van der Waals surface area (Å²) in [7, 11) is 1.17. The molecule has 1 aliphatic rings. The number of benzene rings is 2. The minimum Gasteiger partial charge on any atom is -0.507 e. The van der Waals surface area contributed by atoms with Gasteiger partial charge in [0.25, 0.3) is 5.69 Å². The van der Waals surface area contributed by atoms with E-state index >= 15 is 0 Å². The van der Waals surface area contributed by atoms with Crippen LogP contribution in [0, 0.1) is 10.1 Å². The third-order valence-corrected chi connectivity index (χ3v) is 4.79. The number of methoxy groups -OCH3 is 1. The minimum absolute atomic E-state index is 0.00657. The number of non-ortho nitro benzene ring substituents is 1. The van der Waals surface area contributed by atoms with Gasteiger partial charge in [-0.2, -0.15) is 0 Å². The first-order chi connectivity index (χ1) is 13.4. The third kappa shape index (κ3) is 3.89. The number of aliphatic imine (C=N–C) groups is 1. The van der Waals surface area contributed by atoms with E-state index in [2.05, 4.69) is 4.99 Å². The second-order valence-electron chi connectivity index (χ2n) is 5.58. The van der Waals surface area contributed by atoms with Gasteiger partial charge < -0.3 is 14.9 Å². The van der Waals surface area contributed by atoms with E-state index in [4.69, 9.17) is 4.74 Å². The predicted molar refractivity (Wildman–Crippen MR) is 106 cm³/mol. The molecule has 9 heteroatoms. The molecule has 0 atom stereocenters. The molecule has 2 N–H and O–H groups in total. The van der Waals surface area contributed by atoms with Crippen LogP contribution in [0.5, 0.6) is 5.75 Å². The van der Waals surface area contributed by atoms with Gasteiger partial charge in [-0.25, -0.2) is 9.79 Å². The van der Waals surface area contributed by atoms with E-state index in [1.165, 1.54) is 43.5 Å². The van der Waals surface area contributed by atoms with Crippen LogP contribution in [-0.4, -0.2) is 33.3 Å². The van der Waals surface area contributed by atoms with E-state index in [0.29, 0.717) is 5.56 Å². The van der Waals surface area contributed by atoms with Crippen molar-refractivity contribution in [3.05, 3.63) is 80.4 Å². The van der Waals surface area contributed by atoms with Crippen molar-refractivity contribution in [2.45, 2.75) is 0 Å². The average Bonchev–Trinajstić information content (AvgIpc) is 2.98. The number of aliphatic hydroxyl groups excluding tert-OH is 1. The molecule has 1 heterocycles. The highest BCUT2D eigenvalue weighted by molar-refractivity contribution is 8.18. The topological polar surface area (TPSA) is 122 Å². The maximum atomic E-state index is 12.1. The van der Waals surface area contributed by atoms with Crippen molar-refractivity contribution in [3.8, 4) is 5.75 Å². The van der Waals surface area contributed by atoms with E-state index in [0.717, 1.165) is 11.8 Å². The lowest BCUT2D eigenvalue weighted by atomic mass is 10.1. The van der Waals surface area contributed by atoms with Gasteiger partial charge in [0, 0.05) is 17.7 Å². The maximum Gasteiger partial charge on any atom is 0.344 e. The van der Waals surface area contributed by atoms with Crippen molar-refractivity contribution in [1.29, 1.82) is 0 Å². The molecule has 0 amide bonds. The van der Waals surface area contributed by atoms with Gasteiger partial charge in [0.05, 0.1) is 22.6 Å². The van der Waals surface area contributed by atoms with Gasteiger partial charge in [-0.1, -0.05) is 36.0 Å². The van der Waals surface area contributed by atoms with Crippen LogP contribution in [-0.2, 0) is 9.53 Å². The number of carbonyl (C=O) groups excluding carboxylic acids is 1. The summed E-state index contributed by atoms with van der Waals surface area (Å²) in [6, 6.07) is 12.1. The molecule has 0 unspecified atom stereocenters. The molecular weight excluding hydrogens is 384 g/mol. The molecule has 0 saturated heterocycles. The average molecular weight is 398 g/mol. The highest BCUT2D eigenvalue weighted by Gasteiger charge is 2.33. The lowest BCUT2D eigenvalue weighted by molar-refractivity contribution is -0.384. The first-order valence-electron chi connectivity index (χ1n) is 7.93. The van der Waals surface area contributed by atoms with Crippen molar-refractivity contribution in [1.82, 2.24) is 0 Å². The molecule has 3 rings (SSSR count). The number of nitro groups is 1. The van der Waals surface area contributed by atoms with Crippen LogP contribution < -0.4 is 0 Å². The Bertz CT molecular complexity index is 1060. The fourth-order valence-corrected chi connectivity index (χ4v) is 3.46. The number of nitro benzene ring substituents is 1. The van der Waals surface area contributed by atoms with Crippen LogP contribution in [0.15, 0.2) is 69.8 Å². The highest BCUT2D eigenvalue weighted by Crippen LogP contribution is 2.41. The fourth-order valence-electron chi connectivity index (χ4n) is 2.43. The number of ether oxygens (including phenoxy) is 1. The zero-order chi connectivity index (χ0) is 20.3. The largest absolute Gasteiger partial charge is 0.507 e. The van der Waals surface area contributed by atoms with Crippen LogP contribution in [0.4, 0.5) is 11.4 Å². The van der Waals surface area contributed by atoms with Crippen molar-refractivity contribution < 1.29 is 24.7 Å². The van der Waals surface area contributed by atoms with Crippen molar-refractivity contribution >= 4 is 40.2 Å². The Kier molecular flexibility index (Phi) is 5.46. The lowest BCUT2D eigenvalue weighted by Crippen LogP contribution is -2.10. The molecule has 8 nitrogen and oxygen atoms in total. The summed E-state index contributed by atoms with van der Waals surface area (Å²) < 4.78 is 4.72. The van der Waals surface area contributed by atoms with Gasteiger partial charge in [0.15, 0.2) is 0 Å². The smallest absolute Gasteiger partial charge is 0.344 e. The number of thioether (sulfide) groups is 1. The van der Waals surface area contributed by atoms with Gasteiger partial charge in [-0.05, 0) is 18.2 Å². The second-order valence-corrected chi connectivity index (χ2v) is 6.61. The predicted octanol–water partition coefficient (Wildman–Crippen LogP) is 4.10. The SMILES string of the molecule is COC(=O)C1=C(O)C(=Cc2ccccc2O)SC1=Nc1cccc([N+](=O)[O-])c1. The summed E-state index contributed by atoms with van der Waals surface area (Å²) in [6.07, 6.45) is 1.51. The van der Waals surface area contributed by atoms with Gasteiger partial charge in [-0.15, -0.1) is 0 Å². The minimum atomic E-state index is -0.796. The Morgan fingerprint density at radius 3 is 2.64 bits per heavy atom. The van der Waals surface area contributed by atoms with Gasteiger partial charge in [-0.3, -0.25) is 10.1 Å². The molecule has 28 heavy (non-hydrogen) atoms. The molecule has 0 fully saturated rings. The van der Waals surface area contributed by atoms with Crippen LogP contribution in [0.1, 0.15) is 5.56 Å². The molecule has 2 aromatic carbocycles. The Morgan fingerprint density at radius 1 is 1.21 bits per heavy atom.